The van der Waals surface area contributed by atoms with Gasteiger partial charge in [-0.15, -0.1) is 0 Å². The van der Waals surface area contributed by atoms with Crippen molar-refractivity contribution in [3.05, 3.63) is 0 Å². The third-order valence-electron chi connectivity index (χ3n) is 1.41. The summed E-state index contributed by atoms with van der Waals surface area (Å²) in [6.07, 6.45) is 1.45. The minimum atomic E-state index is -2.96. The van der Waals surface area contributed by atoms with E-state index in [-0.39, 0.29) is 11.7 Å². The average molecular weight is 179 g/mol. The molecule has 2 N–H and O–H groups in total. The first-order valence-corrected chi connectivity index (χ1v) is 5.36. The quantitative estimate of drug-likeness (QED) is 0.634. The van der Waals surface area contributed by atoms with Gasteiger partial charge < -0.3 is 5.73 Å². The Hall–Kier alpha value is -0.580. The Morgan fingerprint density at radius 1 is 1.55 bits per heavy atom. The van der Waals surface area contributed by atoms with Crippen LogP contribution in [0.5, 0.6) is 0 Å². The molecule has 0 aromatic carbocycles. The van der Waals surface area contributed by atoms with E-state index < -0.39 is 15.7 Å². The molecular weight excluding hydrogens is 166 g/mol. The fourth-order valence-corrected chi connectivity index (χ4v) is 1.31. The van der Waals surface area contributed by atoms with Gasteiger partial charge in [0.25, 0.3) is 0 Å². The van der Waals surface area contributed by atoms with Crippen LogP contribution in [0.15, 0.2) is 0 Å². The highest BCUT2D eigenvalue weighted by atomic mass is 32.2. The van der Waals surface area contributed by atoms with E-state index in [9.17, 15) is 13.2 Å². The molecule has 0 bridgehead atoms. The van der Waals surface area contributed by atoms with Crippen molar-refractivity contribution in [2.45, 2.75) is 13.3 Å². The van der Waals surface area contributed by atoms with Gasteiger partial charge in [0.05, 0.1) is 5.75 Å². The van der Waals surface area contributed by atoms with Crippen LogP contribution in [0.25, 0.3) is 0 Å². The molecule has 0 aliphatic heterocycles. The molecule has 1 amide bonds. The fraction of sp³-hybridized carbons (Fsp3) is 0.833. The van der Waals surface area contributed by atoms with Crippen molar-refractivity contribution in [3.63, 3.8) is 0 Å². The van der Waals surface area contributed by atoms with Crippen LogP contribution in [0.4, 0.5) is 0 Å². The summed E-state index contributed by atoms with van der Waals surface area (Å²) in [6, 6.07) is 0. The molecule has 5 heteroatoms. The van der Waals surface area contributed by atoms with Gasteiger partial charge in [-0.2, -0.15) is 0 Å². The molecule has 0 saturated carbocycles. The fourth-order valence-electron chi connectivity index (χ4n) is 0.533. The average Bonchev–Trinajstić information content (AvgIpc) is 1.80. The molecule has 1 atom stereocenters. The normalized spacial score (nSPS) is 14.4. The third-order valence-corrected chi connectivity index (χ3v) is 2.38. The number of hydrogen-bond acceptors (Lipinski definition) is 3. The summed E-state index contributed by atoms with van der Waals surface area (Å²) < 4.78 is 21.2. The Balaban J connectivity index is 3.82. The molecular formula is C6H13NO3S. The van der Waals surface area contributed by atoms with Crippen molar-refractivity contribution in [3.8, 4) is 0 Å². The van der Waals surface area contributed by atoms with Gasteiger partial charge in [-0.3, -0.25) is 4.79 Å². The summed E-state index contributed by atoms with van der Waals surface area (Å²) in [4.78, 5) is 10.4. The zero-order valence-electron chi connectivity index (χ0n) is 6.70. The lowest BCUT2D eigenvalue weighted by molar-refractivity contribution is -0.121. The lowest BCUT2D eigenvalue weighted by Crippen LogP contribution is -2.22. The number of carbonyl (C=O) groups excluding carboxylic acids is 1. The molecule has 11 heavy (non-hydrogen) atoms. The number of hydrogen-bond donors (Lipinski definition) is 1. The zero-order chi connectivity index (χ0) is 9.07. The van der Waals surface area contributed by atoms with Crippen molar-refractivity contribution in [2.24, 2.45) is 11.7 Å². The maximum Gasteiger partial charge on any atom is 0.220 e. The molecule has 0 heterocycles. The predicted molar refractivity (Wildman–Crippen MR) is 42.7 cm³/mol. The van der Waals surface area contributed by atoms with E-state index in [0.29, 0.717) is 6.42 Å². The summed E-state index contributed by atoms with van der Waals surface area (Å²) in [5, 5.41) is 0. The van der Waals surface area contributed by atoms with E-state index in [0.717, 1.165) is 6.26 Å². The number of primary amides is 1. The Labute approximate surface area is 66.7 Å². The van der Waals surface area contributed by atoms with E-state index in [1.807, 2.05) is 0 Å². The minimum absolute atomic E-state index is 0.0249. The highest BCUT2D eigenvalue weighted by molar-refractivity contribution is 7.90. The lowest BCUT2D eigenvalue weighted by atomic mass is 10.1. The number of sulfone groups is 1. The monoisotopic (exact) mass is 179 g/mol. The smallest absolute Gasteiger partial charge is 0.220 e. The molecule has 4 nitrogen and oxygen atoms in total. The maximum absolute atomic E-state index is 10.6. The number of nitrogens with two attached hydrogens (primary N) is 1. The minimum Gasteiger partial charge on any atom is -0.369 e. The van der Waals surface area contributed by atoms with E-state index in [2.05, 4.69) is 0 Å². The van der Waals surface area contributed by atoms with Gasteiger partial charge in [0.2, 0.25) is 5.91 Å². The van der Waals surface area contributed by atoms with Gasteiger partial charge in [-0.25, -0.2) is 8.42 Å². The second kappa shape index (κ2) is 3.71. The summed E-state index contributed by atoms with van der Waals surface area (Å²) in [7, 11) is -2.96. The predicted octanol–water partition coefficient (Wildman–Crippen LogP) is -0.457. The van der Waals surface area contributed by atoms with Crippen LogP contribution in [0.1, 0.15) is 13.3 Å². The van der Waals surface area contributed by atoms with Gasteiger partial charge in [0.15, 0.2) is 0 Å². The van der Waals surface area contributed by atoms with E-state index >= 15 is 0 Å². The Kier molecular flexibility index (Phi) is 3.51. The largest absolute Gasteiger partial charge is 0.369 e. The van der Waals surface area contributed by atoms with E-state index in [1.165, 1.54) is 0 Å². The second-order valence-corrected chi connectivity index (χ2v) is 4.98. The molecule has 0 radical (unpaired) electrons. The summed E-state index contributed by atoms with van der Waals surface area (Å²) in [5.41, 5.74) is 4.93. The summed E-state index contributed by atoms with van der Waals surface area (Å²) >= 11 is 0. The second-order valence-electron chi connectivity index (χ2n) is 2.72. The van der Waals surface area contributed by atoms with Crippen LogP contribution < -0.4 is 5.73 Å². The van der Waals surface area contributed by atoms with Crippen molar-refractivity contribution in [1.29, 1.82) is 0 Å². The molecule has 66 valence electrons. The topological polar surface area (TPSA) is 77.2 Å². The van der Waals surface area contributed by atoms with Gasteiger partial charge >= 0.3 is 0 Å². The Bertz CT molecular complexity index is 232. The molecule has 0 aromatic heterocycles. The molecule has 0 fully saturated rings. The molecule has 0 aliphatic carbocycles. The van der Waals surface area contributed by atoms with E-state index in [1.54, 1.807) is 6.92 Å². The third kappa shape index (κ3) is 5.84. The molecule has 1 unspecified atom stereocenters. The number of rotatable bonds is 4. The highest BCUT2D eigenvalue weighted by Gasteiger charge is 2.11. The van der Waals surface area contributed by atoms with Crippen LogP contribution in [-0.2, 0) is 14.6 Å². The SMILES string of the molecule is CC(CCS(C)(=O)=O)C(N)=O. The lowest BCUT2D eigenvalue weighted by Gasteiger charge is -2.04. The van der Waals surface area contributed by atoms with Crippen molar-refractivity contribution < 1.29 is 13.2 Å². The van der Waals surface area contributed by atoms with Gasteiger partial charge in [-0.05, 0) is 6.42 Å². The van der Waals surface area contributed by atoms with Crippen LogP contribution >= 0.6 is 0 Å². The highest BCUT2D eigenvalue weighted by Crippen LogP contribution is 2.02. The van der Waals surface area contributed by atoms with Gasteiger partial charge in [-0.1, -0.05) is 6.92 Å². The Morgan fingerprint density at radius 3 is 2.27 bits per heavy atom. The number of amides is 1. The van der Waals surface area contributed by atoms with E-state index in [4.69, 9.17) is 5.73 Å². The molecule has 0 rings (SSSR count). The molecule has 0 aliphatic rings. The van der Waals surface area contributed by atoms with Crippen molar-refractivity contribution in [1.82, 2.24) is 0 Å². The first kappa shape index (κ1) is 10.4. The van der Waals surface area contributed by atoms with Crippen LogP contribution in [-0.4, -0.2) is 26.3 Å². The van der Waals surface area contributed by atoms with Crippen molar-refractivity contribution in [2.75, 3.05) is 12.0 Å². The van der Waals surface area contributed by atoms with Crippen molar-refractivity contribution >= 4 is 15.7 Å². The maximum atomic E-state index is 10.6. The van der Waals surface area contributed by atoms with Crippen LogP contribution in [0.3, 0.4) is 0 Å². The molecule has 0 aromatic rings. The first-order chi connectivity index (χ1) is 4.83. The van der Waals surface area contributed by atoms with Gasteiger partial charge in [0.1, 0.15) is 9.84 Å². The van der Waals surface area contributed by atoms with Crippen LogP contribution in [0.2, 0.25) is 0 Å². The van der Waals surface area contributed by atoms with Gasteiger partial charge in [0, 0.05) is 12.2 Å². The van der Waals surface area contributed by atoms with Crippen LogP contribution in [0, 0.1) is 5.92 Å². The first-order valence-electron chi connectivity index (χ1n) is 3.30. The molecule has 0 saturated heterocycles. The zero-order valence-corrected chi connectivity index (χ0v) is 7.52. The molecule has 0 spiro atoms. The number of carbonyl (C=O) groups is 1. The summed E-state index contributed by atoms with van der Waals surface area (Å²) in [5.74, 6) is -0.782. The summed E-state index contributed by atoms with van der Waals surface area (Å²) in [6.45, 7) is 1.62. The Morgan fingerprint density at radius 2 is 2.00 bits per heavy atom. The standard InChI is InChI=1S/C6H13NO3S/c1-5(6(7)8)3-4-11(2,9)10/h5H,3-4H2,1-2H3,(H2,7,8).